The van der Waals surface area contributed by atoms with Crippen molar-refractivity contribution in [3.05, 3.63) is 35.4 Å². The second-order valence-corrected chi connectivity index (χ2v) is 3.47. The average molecular weight is 206 g/mol. The van der Waals surface area contributed by atoms with E-state index in [4.69, 9.17) is 9.47 Å². The van der Waals surface area contributed by atoms with Gasteiger partial charge in [-0.1, -0.05) is 18.2 Å². The van der Waals surface area contributed by atoms with Crippen LogP contribution in [0.4, 0.5) is 0 Å². The van der Waals surface area contributed by atoms with E-state index in [2.05, 4.69) is 0 Å². The first-order valence-corrected chi connectivity index (χ1v) is 4.55. The fraction of sp³-hybridized carbons (Fsp3) is 0.273. The molecule has 0 fully saturated rings. The smallest absolute Gasteiger partial charge is 0.342 e. The molecule has 0 N–H and O–H groups in total. The molecule has 4 nitrogen and oxygen atoms in total. The first kappa shape index (κ1) is 9.71. The Hall–Kier alpha value is -1.84. The third-order valence-electron chi connectivity index (χ3n) is 2.26. The van der Waals surface area contributed by atoms with Gasteiger partial charge < -0.3 is 9.47 Å². The maximum Gasteiger partial charge on any atom is 0.342 e. The monoisotopic (exact) mass is 206 g/mol. The molecule has 1 aliphatic heterocycles. The molecule has 0 aliphatic carbocycles. The molecule has 0 unspecified atom stereocenters. The van der Waals surface area contributed by atoms with E-state index in [0.29, 0.717) is 11.1 Å². The lowest BCUT2D eigenvalue weighted by molar-refractivity contribution is -0.200. The molecule has 0 saturated heterocycles. The number of fused-ring (bicyclic) bond motifs is 1. The summed E-state index contributed by atoms with van der Waals surface area (Å²) in [7, 11) is 0. The number of carbonyl (C=O) groups is 2. The van der Waals surface area contributed by atoms with Crippen LogP contribution in [0.15, 0.2) is 24.3 Å². The number of hydrogen-bond acceptors (Lipinski definition) is 4. The Morgan fingerprint density at radius 1 is 1.40 bits per heavy atom. The number of ether oxygens (including phenoxy) is 2. The maximum atomic E-state index is 11.4. The molecule has 0 aromatic heterocycles. The van der Waals surface area contributed by atoms with Crippen molar-refractivity contribution < 1.29 is 19.1 Å². The highest BCUT2D eigenvalue weighted by Gasteiger charge is 2.44. The predicted molar refractivity (Wildman–Crippen MR) is 51.0 cm³/mol. The van der Waals surface area contributed by atoms with E-state index < -0.39 is 17.7 Å². The van der Waals surface area contributed by atoms with Crippen molar-refractivity contribution in [3.8, 4) is 0 Å². The van der Waals surface area contributed by atoms with Gasteiger partial charge in [-0.3, -0.25) is 4.79 Å². The summed E-state index contributed by atoms with van der Waals surface area (Å²) in [5.41, 5.74) is 1.03. The van der Waals surface area contributed by atoms with Crippen molar-refractivity contribution in [2.45, 2.75) is 19.6 Å². The fourth-order valence-electron chi connectivity index (χ4n) is 1.69. The summed E-state index contributed by atoms with van der Waals surface area (Å²) in [6.07, 6.45) is 0. The lowest BCUT2D eigenvalue weighted by atomic mass is 10.0. The molecule has 0 spiro atoms. The molecule has 4 heteroatoms. The Morgan fingerprint density at radius 2 is 2.07 bits per heavy atom. The SMILES string of the molecule is CC(=O)O[C@@]1(C)OC(=O)c2ccccc21. The largest absolute Gasteiger partial charge is 0.418 e. The predicted octanol–water partition coefficient (Wildman–Crippen LogP) is 1.59. The summed E-state index contributed by atoms with van der Waals surface area (Å²) in [5.74, 6) is -2.23. The zero-order valence-corrected chi connectivity index (χ0v) is 8.44. The average Bonchev–Trinajstić information content (AvgIpc) is 2.39. The summed E-state index contributed by atoms with van der Waals surface area (Å²) < 4.78 is 10.1. The minimum absolute atomic E-state index is 0.446. The van der Waals surface area contributed by atoms with Crippen LogP contribution in [-0.2, 0) is 20.1 Å². The third-order valence-corrected chi connectivity index (χ3v) is 2.26. The first-order valence-electron chi connectivity index (χ1n) is 4.55. The Kier molecular flexibility index (Phi) is 2.00. The van der Waals surface area contributed by atoms with Crippen LogP contribution in [0.2, 0.25) is 0 Å². The first-order chi connectivity index (χ1) is 7.03. The van der Waals surface area contributed by atoms with Crippen molar-refractivity contribution in [3.63, 3.8) is 0 Å². The van der Waals surface area contributed by atoms with E-state index in [9.17, 15) is 9.59 Å². The van der Waals surface area contributed by atoms with Gasteiger partial charge in [-0.2, -0.15) is 0 Å². The van der Waals surface area contributed by atoms with E-state index in [0.717, 1.165) is 0 Å². The standard InChI is InChI=1S/C11H10O4/c1-7(12)14-11(2)9-6-4-3-5-8(9)10(13)15-11/h3-6H,1-2H3/t11-/m0/s1. The molecule has 0 amide bonds. The van der Waals surface area contributed by atoms with Gasteiger partial charge in [-0.15, -0.1) is 0 Å². The molecular formula is C11H10O4. The number of esters is 2. The zero-order valence-electron chi connectivity index (χ0n) is 8.44. The lowest BCUT2D eigenvalue weighted by Crippen LogP contribution is -2.28. The van der Waals surface area contributed by atoms with Crippen molar-refractivity contribution >= 4 is 11.9 Å². The van der Waals surface area contributed by atoms with Crippen molar-refractivity contribution in [2.75, 3.05) is 0 Å². The second-order valence-electron chi connectivity index (χ2n) is 3.47. The van der Waals surface area contributed by atoms with Gasteiger partial charge in [-0.05, 0) is 6.07 Å². The highest BCUT2D eigenvalue weighted by molar-refractivity contribution is 5.94. The molecule has 15 heavy (non-hydrogen) atoms. The molecule has 1 heterocycles. The van der Waals surface area contributed by atoms with E-state index in [1.807, 2.05) is 0 Å². The normalized spacial score (nSPS) is 23.2. The van der Waals surface area contributed by atoms with Crippen molar-refractivity contribution in [1.29, 1.82) is 0 Å². The summed E-state index contributed by atoms with van der Waals surface area (Å²) in [6, 6.07) is 6.86. The van der Waals surface area contributed by atoms with Gasteiger partial charge in [0.25, 0.3) is 5.79 Å². The van der Waals surface area contributed by atoms with Gasteiger partial charge in [0.1, 0.15) is 0 Å². The van der Waals surface area contributed by atoms with Crippen LogP contribution in [0.5, 0.6) is 0 Å². The van der Waals surface area contributed by atoms with E-state index in [1.165, 1.54) is 6.92 Å². The number of cyclic esters (lactones) is 1. The Morgan fingerprint density at radius 3 is 2.73 bits per heavy atom. The maximum absolute atomic E-state index is 11.4. The summed E-state index contributed by atoms with van der Waals surface area (Å²) in [6.45, 7) is 2.83. The highest BCUT2D eigenvalue weighted by Crippen LogP contribution is 2.36. The molecule has 0 radical (unpaired) electrons. The number of carbonyl (C=O) groups excluding carboxylic acids is 2. The number of benzene rings is 1. The van der Waals surface area contributed by atoms with Gasteiger partial charge in [0.05, 0.1) is 11.1 Å². The zero-order chi connectivity index (χ0) is 11.1. The van der Waals surface area contributed by atoms with Crippen molar-refractivity contribution in [2.24, 2.45) is 0 Å². The topological polar surface area (TPSA) is 52.6 Å². The van der Waals surface area contributed by atoms with Crippen LogP contribution in [0.1, 0.15) is 29.8 Å². The third kappa shape index (κ3) is 1.48. The number of rotatable bonds is 1. The van der Waals surface area contributed by atoms with Gasteiger partial charge in [0.2, 0.25) is 0 Å². The molecule has 1 aromatic carbocycles. The molecule has 1 atom stereocenters. The molecule has 0 bridgehead atoms. The van der Waals surface area contributed by atoms with Crippen LogP contribution in [-0.4, -0.2) is 11.9 Å². The second kappa shape index (κ2) is 3.08. The Bertz CT molecular complexity index is 434. The van der Waals surface area contributed by atoms with Gasteiger partial charge in [0.15, 0.2) is 0 Å². The van der Waals surface area contributed by atoms with Crippen LogP contribution < -0.4 is 0 Å². The summed E-state index contributed by atoms with van der Waals surface area (Å²) in [4.78, 5) is 22.4. The van der Waals surface area contributed by atoms with E-state index in [1.54, 1.807) is 31.2 Å². The molecule has 1 aliphatic rings. The summed E-state index contributed by atoms with van der Waals surface area (Å²) in [5, 5.41) is 0. The van der Waals surface area contributed by atoms with E-state index in [-0.39, 0.29) is 0 Å². The highest BCUT2D eigenvalue weighted by atomic mass is 16.7. The Balaban J connectivity index is 2.47. The van der Waals surface area contributed by atoms with Gasteiger partial charge >= 0.3 is 11.9 Å². The van der Waals surface area contributed by atoms with Crippen LogP contribution in [0, 0.1) is 0 Å². The number of hydrogen-bond donors (Lipinski definition) is 0. The van der Waals surface area contributed by atoms with Gasteiger partial charge in [0, 0.05) is 13.8 Å². The Labute approximate surface area is 86.8 Å². The molecule has 1 aromatic rings. The minimum Gasteiger partial charge on any atom is -0.418 e. The fourth-order valence-corrected chi connectivity index (χ4v) is 1.69. The van der Waals surface area contributed by atoms with Crippen LogP contribution >= 0.6 is 0 Å². The van der Waals surface area contributed by atoms with Crippen LogP contribution in [0.25, 0.3) is 0 Å². The van der Waals surface area contributed by atoms with Crippen molar-refractivity contribution in [1.82, 2.24) is 0 Å². The molecular weight excluding hydrogens is 196 g/mol. The molecule has 0 saturated carbocycles. The van der Waals surface area contributed by atoms with Gasteiger partial charge in [-0.25, -0.2) is 4.79 Å². The van der Waals surface area contributed by atoms with Crippen LogP contribution in [0.3, 0.4) is 0 Å². The molecule has 2 rings (SSSR count). The lowest BCUT2D eigenvalue weighted by Gasteiger charge is -2.22. The summed E-state index contributed by atoms with van der Waals surface area (Å²) >= 11 is 0. The quantitative estimate of drug-likeness (QED) is 0.655. The molecule has 78 valence electrons. The minimum atomic E-state index is -1.28. The van der Waals surface area contributed by atoms with E-state index >= 15 is 0 Å².